The Morgan fingerprint density at radius 1 is 1.19 bits per heavy atom. The van der Waals surface area contributed by atoms with Gasteiger partial charge in [0, 0.05) is 31.3 Å². The monoisotopic (exact) mass is 622 g/mol. The van der Waals surface area contributed by atoms with Crippen molar-refractivity contribution in [2.45, 2.75) is 124 Å². The number of piperidine rings is 1. The van der Waals surface area contributed by atoms with E-state index in [2.05, 4.69) is 29.0 Å². The number of likely N-dealkylation sites (tertiary alicyclic amines) is 1. The second-order valence-electron chi connectivity index (χ2n) is 12.6. The molecule has 1 aromatic rings. The molecule has 2 rings (SSSR count). The highest BCUT2D eigenvalue weighted by molar-refractivity contribution is 7.09. The number of carbonyl (C=O) groups is 4. The fourth-order valence-corrected chi connectivity index (χ4v) is 6.57. The molecule has 43 heavy (non-hydrogen) atoms. The molecule has 0 aliphatic carbocycles. The van der Waals surface area contributed by atoms with Crippen LogP contribution in [0.3, 0.4) is 0 Å². The number of hydrogen-bond donors (Lipinski definition) is 2. The molecule has 0 spiro atoms. The van der Waals surface area contributed by atoms with Crippen molar-refractivity contribution in [3.8, 4) is 0 Å². The van der Waals surface area contributed by atoms with Crippen LogP contribution < -0.4 is 5.32 Å². The molecular weight excluding hydrogens is 568 g/mol. The molecule has 244 valence electrons. The number of nitrogens with zero attached hydrogens (tertiary/aromatic N) is 3. The van der Waals surface area contributed by atoms with Crippen molar-refractivity contribution in [3.63, 3.8) is 0 Å². The smallest absolute Gasteiger partial charge is 0.355 e. The summed E-state index contributed by atoms with van der Waals surface area (Å²) in [6.45, 7) is 15.1. The maximum atomic E-state index is 14.6. The zero-order chi connectivity index (χ0) is 32.3. The van der Waals surface area contributed by atoms with E-state index in [9.17, 15) is 24.3 Å². The number of rotatable bonds is 17. The number of aromatic carboxylic acids is 1. The van der Waals surface area contributed by atoms with E-state index in [4.69, 9.17) is 4.74 Å². The third-order valence-electron chi connectivity index (χ3n) is 8.70. The predicted octanol–water partition coefficient (Wildman–Crippen LogP) is 5.53. The molecule has 0 radical (unpaired) electrons. The minimum Gasteiger partial charge on any atom is -0.476 e. The van der Waals surface area contributed by atoms with Crippen LogP contribution in [0.2, 0.25) is 0 Å². The van der Waals surface area contributed by atoms with Gasteiger partial charge in [0.2, 0.25) is 11.8 Å². The van der Waals surface area contributed by atoms with E-state index < -0.39 is 24.1 Å². The fraction of sp³-hybridized carbons (Fsp3) is 0.781. The maximum Gasteiger partial charge on any atom is 0.355 e. The zero-order valence-electron chi connectivity index (χ0n) is 27.4. The summed E-state index contributed by atoms with van der Waals surface area (Å²) in [6.07, 6.45) is 5.89. The molecule has 11 heteroatoms. The molecule has 10 nitrogen and oxygen atoms in total. The molecule has 2 heterocycles. The molecule has 1 saturated heterocycles. The predicted molar refractivity (Wildman–Crippen MR) is 169 cm³/mol. The van der Waals surface area contributed by atoms with Crippen molar-refractivity contribution >= 4 is 35.1 Å². The van der Waals surface area contributed by atoms with Crippen LogP contribution in [-0.2, 0) is 19.1 Å². The van der Waals surface area contributed by atoms with Crippen molar-refractivity contribution in [2.75, 3.05) is 20.1 Å². The summed E-state index contributed by atoms with van der Waals surface area (Å²) in [5.74, 6) is -1.55. The highest BCUT2D eigenvalue weighted by Crippen LogP contribution is 2.32. The van der Waals surface area contributed by atoms with Gasteiger partial charge in [-0.05, 0) is 50.6 Å². The first-order valence-corrected chi connectivity index (χ1v) is 16.8. The van der Waals surface area contributed by atoms with Crippen molar-refractivity contribution in [3.05, 3.63) is 16.1 Å². The van der Waals surface area contributed by atoms with E-state index in [0.717, 1.165) is 62.8 Å². The Labute approximate surface area is 261 Å². The summed E-state index contributed by atoms with van der Waals surface area (Å²) >= 11 is 1.13. The van der Waals surface area contributed by atoms with Gasteiger partial charge >= 0.3 is 11.9 Å². The molecular formula is C32H54N4O6S. The number of nitrogens with one attached hydrogen (secondary N) is 1. The Hall–Kier alpha value is -2.53. The largest absolute Gasteiger partial charge is 0.476 e. The Bertz CT molecular complexity index is 1060. The summed E-state index contributed by atoms with van der Waals surface area (Å²) < 4.78 is 5.68. The van der Waals surface area contributed by atoms with Crippen molar-refractivity contribution in [1.29, 1.82) is 0 Å². The van der Waals surface area contributed by atoms with E-state index in [-0.39, 0.29) is 47.8 Å². The third-order valence-corrected chi connectivity index (χ3v) is 9.63. The normalized spacial score (nSPS) is 20.2. The number of carboxylic acids is 1. The molecule has 1 aromatic heterocycles. The number of hydrogen-bond acceptors (Lipinski definition) is 8. The van der Waals surface area contributed by atoms with Gasteiger partial charge in [0.25, 0.3) is 0 Å². The van der Waals surface area contributed by atoms with Crippen LogP contribution in [-0.4, -0.2) is 81.9 Å². The highest BCUT2D eigenvalue weighted by atomic mass is 32.1. The lowest BCUT2D eigenvalue weighted by Crippen LogP contribution is -2.59. The van der Waals surface area contributed by atoms with Crippen LogP contribution in [0.15, 0.2) is 5.38 Å². The second-order valence-corrected chi connectivity index (χ2v) is 13.5. The van der Waals surface area contributed by atoms with E-state index in [0.29, 0.717) is 17.5 Å². The summed E-state index contributed by atoms with van der Waals surface area (Å²) in [5, 5.41) is 14.4. The van der Waals surface area contributed by atoms with Gasteiger partial charge in [-0.15, -0.1) is 11.3 Å². The summed E-state index contributed by atoms with van der Waals surface area (Å²) in [6, 6.07) is -1.30. The second kappa shape index (κ2) is 17.7. The molecule has 0 saturated carbocycles. The van der Waals surface area contributed by atoms with E-state index in [1.54, 1.807) is 0 Å². The van der Waals surface area contributed by atoms with Crippen LogP contribution in [0.5, 0.6) is 0 Å². The van der Waals surface area contributed by atoms with E-state index in [1.807, 2.05) is 39.6 Å². The standard InChI is InChI=1S/C32H54N4O6S/c1-9-11-12-13-15-36(25(20(3)4)18-27(42-23(7)37)30-33-24(19-43-30)32(40)41)31(39)28(22(6)10-2)34-29(38)26-17-21(5)14-16-35(26)8/h19-22,25-28H,9-18H2,1-8H3,(H,34,38)(H,40,41)/t21-,22+,25-,26-,27-,28+/m1/s1. The average Bonchev–Trinajstić information content (AvgIpc) is 3.45. The van der Waals surface area contributed by atoms with Crippen molar-refractivity contribution < 1.29 is 29.0 Å². The number of ether oxygens (including phenoxy) is 1. The third kappa shape index (κ3) is 10.8. The molecule has 2 N–H and O–H groups in total. The number of likely N-dealkylation sites (N-methyl/N-ethyl adjacent to an activating group) is 1. The first kappa shape index (κ1) is 36.7. The van der Waals surface area contributed by atoms with E-state index >= 15 is 0 Å². The van der Waals surface area contributed by atoms with Crippen LogP contribution in [0.4, 0.5) is 0 Å². The maximum absolute atomic E-state index is 14.6. The molecule has 0 unspecified atom stereocenters. The molecule has 1 aliphatic rings. The zero-order valence-corrected chi connectivity index (χ0v) is 28.2. The summed E-state index contributed by atoms with van der Waals surface area (Å²) in [7, 11) is 1.97. The lowest BCUT2D eigenvalue weighted by atomic mass is 9.90. The Balaban J connectivity index is 2.44. The first-order valence-electron chi connectivity index (χ1n) is 16.0. The summed E-state index contributed by atoms with van der Waals surface area (Å²) in [5.41, 5.74) is -0.104. The first-order chi connectivity index (χ1) is 20.3. The van der Waals surface area contributed by atoms with Crippen LogP contribution in [0.1, 0.15) is 121 Å². The minimum atomic E-state index is -1.15. The van der Waals surface area contributed by atoms with Crippen LogP contribution in [0.25, 0.3) is 0 Å². The number of thiazole rings is 1. The Kier molecular flexibility index (Phi) is 15.1. The van der Waals surface area contributed by atoms with Gasteiger partial charge in [0.15, 0.2) is 11.8 Å². The molecule has 0 aromatic carbocycles. The SMILES string of the molecule is CCCCCCN(C(=O)[C@@H](NC(=O)[C@H]1C[C@H](C)CCN1C)[C@@H](C)CC)[C@H](C[C@@H](OC(C)=O)c1nc(C(=O)O)cs1)C(C)C. The Morgan fingerprint density at radius 3 is 2.44 bits per heavy atom. The number of carbonyl (C=O) groups excluding carboxylic acids is 3. The molecule has 6 atom stereocenters. The van der Waals surface area contributed by atoms with Crippen molar-refractivity contribution in [2.24, 2.45) is 17.8 Å². The lowest BCUT2D eigenvalue weighted by Gasteiger charge is -2.40. The number of aromatic nitrogens is 1. The molecule has 1 fully saturated rings. The number of carboxylic acid groups (broad SMARTS) is 1. The minimum absolute atomic E-state index is 0.00861. The molecule has 0 bridgehead atoms. The van der Waals surface area contributed by atoms with Gasteiger partial charge in [-0.25, -0.2) is 9.78 Å². The van der Waals surface area contributed by atoms with Crippen LogP contribution >= 0.6 is 11.3 Å². The molecule has 1 aliphatic heterocycles. The lowest BCUT2D eigenvalue weighted by molar-refractivity contribution is -0.149. The van der Waals surface area contributed by atoms with Gasteiger partial charge in [-0.2, -0.15) is 0 Å². The summed E-state index contributed by atoms with van der Waals surface area (Å²) in [4.78, 5) is 60.0. The number of amides is 2. The van der Waals surface area contributed by atoms with E-state index in [1.165, 1.54) is 12.3 Å². The van der Waals surface area contributed by atoms with Gasteiger partial charge in [0.05, 0.1) is 6.04 Å². The molecule has 2 amide bonds. The van der Waals surface area contributed by atoms with Gasteiger partial charge in [0.1, 0.15) is 11.0 Å². The average molecular weight is 623 g/mol. The van der Waals surface area contributed by atoms with Gasteiger partial charge in [-0.1, -0.05) is 67.2 Å². The van der Waals surface area contributed by atoms with Gasteiger partial charge in [-0.3, -0.25) is 19.3 Å². The van der Waals surface area contributed by atoms with Crippen molar-refractivity contribution in [1.82, 2.24) is 20.1 Å². The number of unbranched alkanes of at least 4 members (excludes halogenated alkanes) is 3. The van der Waals surface area contributed by atoms with Gasteiger partial charge < -0.3 is 20.1 Å². The van der Waals surface area contributed by atoms with Crippen LogP contribution in [0, 0.1) is 17.8 Å². The fourth-order valence-electron chi connectivity index (χ4n) is 5.74. The topological polar surface area (TPSA) is 129 Å². The quantitative estimate of drug-likeness (QED) is 0.171. The number of esters is 1. The Morgan fingerprint density at radius 2 is 1.88 bits per heavy atom. The highest BCUT2D eigenvalue weighted by Gasteiger charge is 2.39.